The lowest BCUT2D eigenvalue weighted by molar-refractivity contribution is -0.132. The van der Waals surface area contributed by atoms with Crippen molar-refractivity contribution in [3.63, 3.8) is 0 Å². The van der Waals surface area contributed by atoms with Crippen LogP contribution in [0.15, 0.2) is 43.5 Å². The molecule has 1 amide bonds. The van der Waals surface area contributed by atoms with Gasteiger partial charge in [0, 0.05) is 13.1 Å². The third-order valence-electron chi connectivity index (χ3n) is 2.57. The van der Waals surface area contributed by atoms with Crippen molar-refractivity contribution < 1.29 is 23.8 Å². The second kappa shape index (κ2) is 7.84. The summed E-state index contributed by atoms with van der Waals surface area (Å²) in [5.41, 5.74) is -0.332. The van der Waals surface area contributed by atoms with Crippen LogP contribution in [0.4, 0.5) is 4.39 Å². The van der Waals surface area contributed by atoms with E-state index >= 15 is 0 Å². The van der Waals surface area contributed by atoms with Crippen molar-refractivity contribution >= 4 is 11.9 Å². The smallest absolute Gasteiger partial charge is 0.339 e. The van der Waals surface area contributed by atoms with Gasteiger partial charge in [0.25, 0.3) is 5.91 Å². The van der Waals surface area contributed by atoms with Gasteiger partial charge >= 0.3 is 5.97 Å². The van der Waals surface area contributed by atoms with Gasteiger partial charge in [-0.3, -0.25) is 4.79 Å². The van der Waals surface area contributed by atoms with Crippen molar-refractivity contribution in [2.45, 2.75) is 0 Å². The van der Waals surface area contributed by atoms with Gasteiger partial charge in [0.1, 0.15) is 17.1 Å². The lowest BCUT2D eigenvalue weighted by Gasteiger charge is -2.19. The molecule has 6 heteroatoms. The number of carboxylic acids is 1. The highest BCUT2D eigenvalue weighted by atomic mass is 19.1. The summed E-state index contributed by atoms with van der Waals surface area (Å²) in [5, 5.41) is 8.96. The highest BCUT2D eigenvalue weighted by Crippen LogP contribution is 2.19. The second-order valence-electron chi connectivity index (χ2n) is 4.11. The monoisotopic (exact) mass is 293 g/mol. The fourth-order valence-electron chi connectivity index (χ4n) is 1.62. The first kappa shape index (κ1) is 16.4. The van der Waals surface area contributed by atoms with Crippen LogP contribution < -0.4 is 4.74 Å². The van der Waals surface area contributed by atoms with Crippen LogP contribution in [0, 0.1) is 5.82 Å². The van der Waals surface area contributed by atoms with Crippen LogP contribution >= 0.6 is 0 Å². The van der Waals surface area contributed by atoms with Crippen molar-refractivity contribution in [1.82, 2.24) is 4.90 Å². The Morgan fingerprint density at radius 3 is 2.43 bits per heavy atom. The zero-order chi connectivity index (χ0) is 15.8. The number of ether oxygens (including phenoxy) is 1. The van der Waals surface area contributed by atoms with Crippen LogP contribution in [0.1, 0.15) is 10.4 Å². The zero-order valence-corrected chi connectivity index (χ0v) is 11.4. The summed E-state index contributed by atoms with van der Waals surface area (Å²) in [6.07, 6.45) is 3.12. The fourth-order valence-corrected chi connectivity index (χ4v) is 1.62. The number of carbonyl (C=O) groups is 2. The molecule has 0 aliphatic heterocycles. The van der Waals surface area contributed by atoms with Crippen LogP contribution in [-0.2, 0) is 4.79 Å². The molecule has 1 rings (SSSR count). The Balaban J connectivity index is 2.78. The van der Waals surface area contributed by atoms with Crippen molar-refractivity contribution in [2.75, 3.05) is 19.7 Å². The molecule has 112 valence electrons. The number of aromatic carboxylic acids is 1. The van der Waals surface area contributed by atoms with E-state index in [1.165, 1.54) is 11.0 Å². The van der Waals surface area contributed by atoms with Crippen molar-refractivity contribution in [3.8, 4) is 5.75 Å². The van der Waals surface area contributed by atoms with Crippen LogP contribution in [0.3, 0.4) is 0 Å². The average molecular weight is 293 g/mol. The third kappa shape index (κ3) is 4.76. The number of nitrogens with zero attached hydrogens (tertiary/aromatic N) is 1. The van der Waals surface area contributed by atoms with Crippen LogP contribution in [-0.4, -0.2) is 41.6 Å². The Labute approximate surface area is 121 Å². The SMILES string of the molecule is C=CCN(CC=C)C(=O)COc1ccc(F)cc1C(=O)O. The van der Waals surface area contributed by atoms with E-state index in [-0.39, 0.29) is 23.8 Å². The Hall–Kier alpha value is -2.63. The molecule has 0 bridgehead atoms. The van der Waals surface area contributed by atoms with E-state index in [4.69, 9.17) is 9.84 Å². The van der Waals surface area contributed by atoms with E-state index in [1.807, 2.05) is 0 Å². The van der Waals surface area contributed by atoms with Gasteiger partial charge in [-0.15, -0.1) is 13.2 Å². The van der Waals surface area contributed by atoms with Gasteiger partial charge in [0.15, 0.2) is 6.61 Å². The number of carbonyl (C=O) groups excluding carboxylic acids is 1. The molecule has 0 unspecified atom stereocenters. The summed E-state index contributed by atoms with van der Waals surface area (Å²) < 4.78 is 18.2. The maximum atomic E-state index is 13.0. The van der Waals surface area contributed by atoms with Crippen molar-refractivity contribution in [1.29, 1.82) is 0 Å². The van der Waals surface area contributed by atoms with Gasteiger partial charge in [-0.05, 0) is 18.2 Å². The minimum absolute atomic E-state index is 0.0607. The number of hydrogen-bond acceptors (Lipinski definition) is 3. The van der Waals surface area contributed by atoms with Crippen LogP contribution in [0.2, 0.25) is 0 Å². The number of carboxylic acid groups (broad SMARTS) is 1. The summed E-state index contributed by atoms with van der Waals surface area (Å²) in [6, 6.07) is 3.09. The predicted molar refractivity (Wildman–Crippen MR) is 75.8 cm³/mol. The standard InChI is InChI=1S/C15H16FNO4/c1-3-7-17(8-4-2)14(18)10-21-13-6-5-11(16)9-12(13)15(19)20/h3-6,9H,1-2,7-8,10H2,(H,19,20). The Morgan fingerprint density at radius 1 is 1.29 bits per heavy atom. The van der Waals surface area contributed by atoms with E-state index in [1.54, 1.807) is 12.2 Å². The quantitative estimate of drug-likeness (QED) is 0.745. The van der Waals surface area contributed by atoms with Gasteiger partial charge < -0.3 is 14.7 Å². The molecule has 1 aromatic rings. The molecule has 0 aromatic heterocycles. The van der Waals surface area contributed by atoms with E-state index < -0.39 is 11.8 Å². The number of benzene rings is 1. The van der Waals surface area contributed by atoms with Crippen molar-refractivity contribution in [3.05, 3.63) is 54.9 Å². The number of hydrogen-bond donors (Lipinski definition) is 1. The Morgan fingerprint density at radius 2 is 1.90 bits per heavy atom. The highest BCUT2D eigenvalue weighted by Gasteiger charge is 2.16. The molecule has 0 radical (unpaired) electrons. The van der Waals surface area contributed by atoms with E-state index in [0.717, 1.165) is 12.1 Å². The summed E-state index contributed by atoms with van der Waals surface area (Å²) in [4.78, 5) is 24.4. The molecule has 1 N–H and O–H groups in total. The molecule has 0 aliphatic rings. The first-order valence-corrected chi connectivity index (χ1v) is 6.14. The largest absolute Gasteiger partial charge is 0.483 e. The van der Waals surface area contributed by atoms with Crippen LogP contribution in [0.5, 0.6) is 5.75 Å². The lowest BCUT2D eigenvalue weighted by Crippen LogP contribution is -2.35. The zero-order valence-electron chi connectivity index (χ0n) is 11.4. The molecule has 1 aromatic carbocycles. The van der Waals surface area contributed by atoms with E-state index in [0.29, 0.717) is 13.1 Å². The van der Waals surface area contributed by atoms with Crippen molar-refractivity contribution in [2.24, 2.45) is 0 Å². The van der Waals surface area contributed by atoms with E-state index in [2.05, 4.69) is 13.2 Å². The first-order chi connectivity index (χ1) is 9.99. The molecule has 0 spiro atoms. The Bertz CT molecular complexity index is 547. The summed E-state index contributed by atoms with van der Waals surface area (Å²) in [7, 11) is 0. The van der Waals surface area contributed by atoms with Gasteiger partial charge in [-0.2, -0.15) is 0 Å². The highest BCUT2D eigenvalue weighted by molar-refractivity contribution is 5.91. The second-order valence-corrected chi connectivity index (χ2v) is 4.11. The van der Waals surface area contributed by atoms with Gasteiger partial charge in [-0.1, -0.05) is 12.2 Å². The molecule has 0 fully saturated rings. The number of amides is 1. The minimum Gasteiger partial charge on any atom is -0.483 e. The molecular weight excluding hydrogens is 277 g/mol. The molecular formula is C15H16FNO4. The topological polar surface area (TPSA) is 66.8 Å². The van der Waals surface area contributed by atoms with Crippen LogP contribution in [0.25, 0.3) is 0 Å². The lowest BCUT2D eigenvalue weighted by atomic mass is 10.2. The van der Waals surface area contributed by atoms with E-state index in [9.17, 15) is 14.0 Å². The molecule has 5 nitrogen and oxygen atoms in total. The molecule has 0 heterocycles. The number of halogens is 1. The maximum Gasteiger partial charge on any atom is 0.339 e. The fraction of sp³-hybridized carbons (Fsp3) is 0.200. The summed E-state index contributed by atoms with van der Waals surface area (Å²) >= 11 is 0. The molecule has 0 atom stereocenters. The Kier molecular flexibility index (Phi) is 6.13. The average Bonchev–Trinajstić information content (AvgIpc) is 2.45. The van der Waals surface area contributed by atoms with Gasteiger partial charge in [0.2, 0.25) is 0 Å². The minimum atomic E-state index is -1.33. The van der Waals surface area contributed by atoms with Gasteiger partial charge in [-0.25, -0.2) is 9.18 Å². The molecule has 0 saturated heterocycles. The normalized spacial score (nSPS) is 9.76. The van der Waals surface area contributed by atoms with Gasteiger partial charge in [0.05, 0.1) is 0 Å². The first-order valence-electron chi connectivity index (χ1n) is 6.14. The predicted octanol–water partition coefficient (Wildman–Crippen LogP) is 2.10. The summed E-state index contributed by atoms with van der Waals surface area (Å²) in [6.45, 7) is 7.38. The third-order valence-corrected chi connectivity index (χ3v) is 2.57. The molecule has 0 aliphatic carbocycles. The molecule has 0 saturated carbocycles. The molecule has 21 heavy (non-hydrogen) atoms. The number of rotatable bonds is 8. The maximum absolute atomic E-state index is 13.0. The summed E-state index contributed by atoms with van der Waals surface area (Å²) in [5.74, 6) is -2.43.